The molecule has 3 heteroatoms. The number of benzene rings is 1. The van der Waals surface area contributed by atoms with Crippen molar-refractivity contribution in [3.05, 3.63) is 29.8 Å². The van der Waals surface area contributed by atoms with Gasteiger partial charge in [0, 0.05) is 36.3 Å². The van der Waals surface area contributed by atoms with Crippen LogP contribution in [0.15, 0.2) is 29.2 Å². The van der Waals surface area contributed by atoms with Gasteiger partial charge < -0.3 is 10.5 Å². The monoisotopic (exact) mass is 237 g/mol. The van der Waals surface area contributed by atoms with E-state index in [1.54, 1.807) is 7.11 Å². The number of ether oxygens (including phenoxy) is 1. The molecule has 2 atom stereocenters. The highest BCUT2D eigenvalue weighted by Gasteiger charge is 2.27. The van der Waals surface area contributed by atoms with E-state index >= 15 is 0 Å². The molecule has 0 amide bonds. The van der Waals surface area contributed by atoms with E-state index in [0.717, 1.165) is 25.2 Å². The molecular formula is C13H19NOS. The third-order valence-electron chi connectivity index (χ3n) is 3.14. The van der Waals surface area contributed by atoms with Crippen molar-refractivity contribution in [1.82, 2.24) is 0 Å². The molecule has 0 radical (unpaired) electrons. The van der Waals surface area contributed by atoms with Gasteiger partial charge in [0.2, 0.25) is 0 Å². The van der Waals surface area contributed by atoms with E-state index in [9.17, 15) is 0 Å². The predicted octanol–water partition coefficient (Wildman–Crippen LogP) is 2.63. The number of hydrogen-bond acceptors (Lipinski definition) is 3. The maximum absolute atomic E-state index is 6.27. The Bertz CT molecular complexity index is 342. The number of fused-ring (bicyclic) bond motifs is 1. The van der Waals surface area contributed by atoms with Gasteiger partial charge in [-0.1, -0.05) is 18.2 Å². The van der Waals surface area contributed by atoms with Crippen LogP contribution < -0.4 is 5.73 Å². The van der Waals surface area contributed by atoms with E-state index in [-0.39, 0.29) is 6.04 Å². The minimum atomic E-state index is 0.270. The lowest BCUT2D eigenvalue weighted by atomic mass is 9.91. The van der Waals surface area contributed by atoms with E-state index in [1.165, 1.54) is 10.5 Å². The van der Waals surface area contributed by atoms with Crippen LogP contribution in [0.25, 0.3) is 0 Å². The largest absolute Gasteiger partial charge is 0.385 e. The van der Waals surface area contributed by atoms with Crippen molar-refractivity contribution in [2.45, 2.75) is 29.7 Å². The van der Waals surface area contributed by atoms with Crippen molar-refractivity contribution in [2.75, 3.05) is 19.5 Å². The van der Waals surface area contributed by atoms with Crippen molar-refractivity contribution < 1.29 is 4.74 Å². The van der Waals surface area contributed by atoms with Crippen molar-refractivity contribution >= 4 is 11.8 Å². The second-order valence-corrected chi connectivity index (χ2v) is 5.32. The molecule has 1 aromatic carbocycles. The molecule has 0 spiro atoms. The Hall–Kier alpha value is -0.510. The quantitative estimate of drug-likeness (QED) is 0.800. The number of nitrogens with two attached hydrogens (primary N) is 1. The molecule has 2 rings (SSSR count). The van der Waals surface area contributed by atoms with Crippen LogP contribution in [0.4, 0.5) is 0 Å². The van der Waals surface area contributed by atoms with E-state index in [1.807, 2.05) is 11.8 Å². The van der Waals surface area contributed by atoms with E-state index in [0.29, 0.717) is 5.92 Å². The normalized spacial score (nSPS) is 20.8. The highest BCUT2D eigenvalue weighted by Crippen LogP contribution is 2.41. The SMILES string of the molecule is COCCCC(N)C1CSc2ccccc21. The second-order valence-electron chi connectivity index (χ2n) is 4.25. The van der Waals surface area contributed by atoms with E-state index in [2.05, 4.69) is 24.3 Å². The van der Waals surface area contributed by atoms with Crippen LogP contribution in [0, 0.1) is 0 Å². The topological polar surface area (TPSA) is 35.2 Å². The van der Waals surface area contributed by atoms with Crippen molar-refractivity contribution in [2.24, 2.45) is 5.73 Å². The summed E-state index contributed by atoms with van der Waals surface area (Å²) in [5, 5.41) is 0. The van der Waals surface area contributed by atoms with Crippen LogP contribution in [-0.2, 0) is 4.74 Å². The number of rotatable bonds is 5. The fourth-order valence-corrected chi connectivity index (χ4v) is 3.55. The Morgan fingerprint density at radius 3 is 3.12 bits per heavy atom. The van der Waals surface area contributed by atoms with Crippen LogP contribution in [-0.4, -0.2) is 25.5 Å². The Morgan fingerprint density at radius 2 is 2.31 bits per heavy atom. The fraction of sp³-hybridized carbons (Fsp3) is 0.538. The Kier molecular flexibility index (Phi) is 4.27. The average Bonchev–Trinajstić information content (AvgIpc) is 2.73. The first-order valence-corrected chi connectivity index (χ1v) is 6.77. The third kappa shape index (κ3) is 2.59. The molecule has 2 nitrogen and oxygen atoms in total. The van der Waals surface area contributed by atoms with E-state index < -0.39 is 0 Å². The maximum atomic E-state index is 6.27. The summed E-state index contributed by atoms with van der Waals surface area (Å²) in [4.78, 5) is 1.41. The van der Waals surface area contributed by atoms with Crippen LogP contribution in [0.3, 0.4) is 0 Å². The van der Waals surface area contributed by atoms with E-state index in [4.69, 9.17) is 10.5 Å². The highest BCUT2D eigenvalue weighted by molar-refractivity contribution is 7.99. The molecule has 0 fully saturated rings. The number of thioether (sulfide) groups is 1. The zero-order chi connectivity index (χ0) is 11.4. The van der Waals surface area contributed by atoms with Gasteiger partial charge >= 0.3 is 0 Å². The van der Waals surface area contributed by atoms with Crippen molar-refractivity contribution in [1.29, 1.82) is 0 Å². The van der Waals surface area contributed by atoms with Crippen LogP contribution in [0.2, 0.25) is 0 Å². The second kappa shape index (κ2) is 5.71. The molecule has 0 bridgehead atoms. The van der Waals surface area contributed by atoms with Gasteiger partial charge in [0.1, 0.15) is 0 Å². The molecular weight excluding hydrogens is 218 g/mol. The Labute approximate surface area is 102 Å². The highest BCUT2D eigenvalue weighted by atomic mass is 32.2. The Morgan fingerprint density at radius 1 is 1.50 bits per heavy atom. The molecule has 16 heavy (non-hydrogen) atoms. The first kappa shape index (κ1) is 12.0. The van der Waals surface area contributed by atoms with Crippen molar-refractivity contribution in [3.63, 3.8) is 0 Å². The van der Waals surface area contributed by atoms with Crippen LogP contribution in [0.5, 0.6) is 0 Å². The summed E-state index contributed by atoms with van der Waals surface area (Å²) in [6.07, 6.45) is 2.11. The smallest absolute Gasteiger partial charge is 0.0462 e. The maximum Gasteiger partial charge on any atom is 0.0462 e. The zero-order valence-corrected chi connectivity index (χ0v) is 10.5. The molecule has 2 N–H and O–H groups in total. The standard InChI is InChI=1S/C13H19NOS/c1-15-8-4-6-12(14)11-9-16-13-7-3-2-5-10(11)13/h2-3,5,7,11-12H,4,6,8-9,14H2,1H3. The predicted molar refractivity (Wildman–Crippen MR) is 69.0 cm³/mol. The Balaban J connectivity index is 1.96. The van der Waals surface area contributed by atoms with Gasteiger partial charge in [-0.2, -0.15) is 0 Å². The minimum absolute atomic E-state index is 0.270. The fourth-order valence-electron chi connectivity index (χ4n) is 2.21. The van der Waals surface area contributed by atoms with Gasteiger partial charge in [-0.05, 0) is 24.5 Å². The molecule has 1 aliphatic rings. The van der Waals surface area contributed by atoms with Gasteiger partial charge in [-0.25, -0.2) is 0 Å². The lowest BCUT2D eigenvalue weighted by molar-refractivity contribution is 0.189. The van der Waals surface area contributed by atoms with Gasteiger partial charge in [0.15, 0.2) is 0 Å². The molecule has 0 saturated carbocycles. The summed E-state index contributed by atoms with van der Waals surface area (Å²) in [6.45, 7) is 0.815. The molecule has 1 aromatic rings. The summed E-state index contributed by atoms with van der Waals surface area (Å²) in [5.74, 6) is 1.66. The zero-order valence-electron chi connectivity index (χ0n) is 9.69. The minimum Gasteiger partial charge on any atom is -0.385 e. The van der Waals surface area contributed by atoms with Crippen LogP contribution in [0.1, 0.15) is 24.3 Å². The van der Waals surface area contributed by atoms with Gasteiger partial charge in [-0.3, -0.25) is 0 Å². The molecule has 0 aliphatic carbocycles. The summed E-state index contributed by atoms with van der Waals surface area (Å²) in [5.41, 5.74) is 7.71. The summed E-state index contributed by atoms with van der Waals surface area (Å²) in [7, 11) is 1.74. The lowest BCUT2D eigenvalue weighted by Gasteiger charge is -2.19. The van der Waals surface area contributed by atoms with Gasteiger partial charge in [0.05, 0.1) is 0 Å². The third-order valence-corrected chi connectivity index (χ3v) is 4.35. The summed E-state index contributed by atoms with van der Waals surface area (Å²) >= 11 is 1.93. The summed E-state index contributed by atoms with van der Waals surface area (Å²) < 4.78 is 5.06. The molecule has 0 aromatic heterocycles. The molecule has 0 saturated heterocycles. The summed E-state index contributed by atoms with van der Waals surface area (Å²) in [6, 6.07) is 8.90. The average molecular weight is 237 g/mol. The first-order chi connectivity index (χ1) is 7.83. The van der Waals surface area contributed by atoms with Gasteiger partial charge in [0.25, 0.3) is 0 Å². The molecule has 1 heterocycles. The molecule has 88 valence electrons. The lowest BCUT2D eigenvalue weighted by Crippen LogP contribution is -2.28. The molecule has 1 aliphatic heterocycles. The number of hydrogen-bond donors (Lipinski definition) is 1. The molecule has 2 unspecified atom stereocenters. The van der Waals surface area contributed by atoms with Crippen LogP contribution >= 0.6 is 11.8 Å². The number of methoxy groups -OCH3 is 1. The van der Waals surface area contributed by atoms with Crippen molar-refractivity contribution in [3.8, 4) is 0 Å². The van der Waals surface area contributed by atoms with Gasteiger partial charge in [-0.15, -0.1) is 11.8 Å². The first-order valence-electron chi connectivity index (χ1n) is 5.79.